The van der Waals surface area contributed by atoms with Crippen molar-refractivity contribution in [2.45, 2.75) is 32.9 Å². The second-order valence-electron chi connectivity index (χ2n) is 6.56. The van der Waals surface area contributed by atoms with Crippen LogP contribution in [0.5, 0.6) is 11.5 Å². The lowest BCUT2D eigenvalue weighted by Crippen LogP contribution is -2.49. The van der Waals surface area contributed by atoms with Crippen LogP contribution in [-0.2, 0) is 16.1 Å². The van der Waals surface area contributed by atoms with E-state index in [2.05, 4.69) is 5.32 Å². The number of amides is 2. The molecule has 0 fully saturated rings. The van der Waals surface area contributed by atoms with Crippen LogP contribution in [0.4, 0.5) is 4.39 Å². The fourth-order valence-corrected chi connectivity index (χ4v) is 2.73. The van der Waals surface area contributed by atoms with Crippen molar-refractivity contribution in [1.82, 2.24) is 10.2 Å². The first-order valence-electron chi connectivity index (χ1n) is 9.53. The van der Waals surface area contributed by atoms with Crippen LogP contribution < -0.4 is 14.8 Å². The van der Waals surface area contributed by atoms with Crippen LogP contribution in [0.15, 0.2) is 48.5 Å². The van der Waals surface area contributed by atoms with E-state index in [1.165, 1.54) is 17.0 Å². The number of hydrogen-bond donors (Lipinski definition) is 1. The Morgan fingerprint density at radius 2 is 1.93 bits per heavy atom. The van der Waals surface area contributed by atoms with Crippen molar-refractivity contribution >= 4 is 11.8 Å². The Bertz CT molecular complexity index is 828. The highest BCUT2D eigenvalue weighted by atomic mass is 19.1. The highest BCUT2D eigenvalue weighted by molar-refractivity contribution is 5.87. The highest BCUT2D eigenvalue weighted by Crippen LogP contribution is 2.18. The summed E-state index contributed by atoms with van der Waals surface area (Å²) in [5.74, 6) is -0.580. The minimum atomic E-state index is -0.718. The van der Waals surface area contributed by atoms with Crippen LogP contribution in [0.2, 0.25) is 0 Å². The van der Waals surface area contributed by atoms with E-state index >= 15 is 0 Å². The fraction of sp³-hybridized carbons (Fsp3) is 0.364. The standard InChI is InChI=1S/C22H27FN2O4/c1-4-12-24-22(27)16(2)25(14-17-8-7-9-18(13-17)28-3)21(26)15-29-20-11-6-5-10-19(20)23/h5-11,13,16H,4,12,14-15H2,1-3H3,(H,24,27)/t16-/m0/s1. The molecule has 0 aliphatic rings. The van der Waals surface area contributed by atoms with E-state index in [1.807, 2.05) is 19.1 Å². The second-order valence-corrected chi connectivity index (χ2v) is 6.56. The van der Waals surface area contributed by atoms with Crippen LogP contribution in [0.25, 0.3) is 0 Å². The van der Waals surface area contributed by atoms with Gasteiger partial charge >= 0.3 is 0 Å². The molecular formula is C22H27FN2O4. The first kappa shape index (κ1) is 22.2. The Morgan fingerprint density at radius 3 is 2.62 bits per heavy atom. The van der Waals surface area contributed by atoms with Gasteiger partial charge in [-0.15, -0.1) is 0 Å². The molecule has 0 aliphatic carbocycles. The van der Waals surface area contributed by atoms with Crippen molar-refractivity contribution in [1.29, 1.82) is 0 Å². The number of nitrogens with zero attached hydrogens (tertiary/aromatic N) is 1. The lowest BCUT2D eigenvalue weighted by atomic mass is 10.1. The van der Waals surface area contributed by atoms with Crippen LogP contribution >= 0.6 is 0 Å². The van der Waals surface area contributed by atoms with Crippen LogP contribution in [0.1, 0.15) is 25.8 Å². The predicted octanol–water partition coefficient (Wildman–Crippen LogP) is 3.16. The molecule has 0 bridgehead atoms. The summed E-state index contributed by atoms with van der Waals surface area (Å²) in [5, 5.41) is 2.80. The first-order valence-corrected chi connectivity index (χ1v) is 9.53. The molecule has 6 nitrogen and oxygen atoms in total. The number of para-hydroxylation sites is 1. The van der Waals surface area contributed by atoms with Crippen LogP contribution in [0, 0.1) is 5.82 Å². The smallest absolute Gasteiger partial charge is 0.261 e. The van der Waals surface area contributed by atoms with Gasteiger partial charge in [-0.05, 0) is 43.2 Å². The van der Waals surface area contributed by atoms with Crippen LogP contribution in [-0.4, -0.2) is 43.0 Å². The van der Waals surface area contributed by atoms with E-state index in [9.17, 15) is 14.0 Å². The summed E-state index contributed by atoms with van der Waals surface area (Å²) >= 11 is 0. The van der Waals surface area contributed by atoms with E-state index < -0.39 is 17.8 Å². The molecule has 156 valence electrons. The molecule has 0 aromatic heterocycles. The SMILES string of the molecule is CCCNC(=O)[C@H](C)N(Cc1cccc(OC)c1)C(=O)COc1ccccc1F. The van der Waals surface area contributed by atoms with Gasteiger partial charge in [-0.3, -0.25) is 9.59 Å². The molecule has 0 saturated heterocycles. The minimum Gasteiger partial charge on any atom is -0.497 e. The Kier molecular flexibility index (Phi) is 8.45. The third kappa shape index (κ3) is 6.48. The molecule has 7 heteroatoms. The van der Waals surface area contributed by atoms with Gasteiger partial charge in [-0.2, -0.15) is 0 Å². The third-order valence-corrected chi connectivity index (χ3v) is 4.39. The molecule has 0 saturated carbocycles. The third-order valence-electron chi connectivity index (χ3n) is 4.39. The van der Waals surface area contributed by atoms with Crippen molar-refractivity contribution in [2.75, 3.05) is 20.3 Å². The molecule has 29 heavy (non-hydrogen) atoms. The molecule has 2 aromatic carbocycles. The predicted molar refractivity (Wildman–Crippen MR) is 108 cm³/mol. The quantitative estimate of drug-likeness (QED) is 0.663. The average Bonchev–Trinajstić information content (AvgIpc) is 2.74. The zero-order chi connectivity index (χ0) is 21.2. The number of carbonyl (C=O) groups is 2. The number of methoxy groups -OCH3 is 1. The molecule has 0 spiro atoms. The molecule has 0 aliphatic heterocycles. The molecule has 2 amide bonds. The summed E-state index contributed by atoms with van der Waals surface area (Å²) in [6.45, 7) is 3.95. The number of carbonyl (C=O) groups excluding carboxylic acids is 2. The average molecular weight is 402 g/mol. The molecule has 2 rings (SSSR count). The fourth-order valence-electron chi connectivity index (χ4n) is 2.73. The van der Waals surface area contributed by atoms with Gasteiger partial charge in [0.2, 0.25) is 5.91 Å². The van der Waals surface area contributed by atoms with Crippen molar-refractivity contribution in [3.05, 3.63) is 59.9 Å². The summed E-state index contributed by atoms with van der Waals surface area (Å²) in [6.07, 6.45) is 0.790. The van der Waals surface area contributed by atoms with Crippen LogP contribution in [0.3, 0.4) is 0 Å². The van der Waals surface area contributed by atoms with Gasteiger partial charge in [0.05, 0.1) is 7.11 Å². The van der Waals surface area contributed by atoms with Gasteiger partial charge in [0.15, 0.2) is 18.2 Å². The summed E-state index contributed by atoms with van der Waals surface area (Å²) in [5.41, 5.74) is 0.804. The van der Waals surface area contributed by atoms with Gasteiger partial charge in [0, 0.05) is 13.1 Å². The normalized spacial score (nSPS) is 11.4. The largest absolute Gasteiger partial charge is 0.497 e. The van der Waals surface area contributed by atoms with E-state index in [-0.39, 0.29) is 24.8 Å². The zero-order valence-electron chi connectivity index (χ0n) is 17.0. The number of rotatable bonds is 10. The van der Waals surface area contributed by atoms with Crippen molar-refractivity contribution < 1.29 is 23.5 Å². The van der Waals surface area contributed by atoms with Gasteiger partial charge in [-0.25, -0.2) is 4.39 Å². The highest BCUT2D eigenvalue weighted by Gasteiger charge is 2.26. The molecule has 0 unspecified atom stereocenters. The monoisotopic (exact) mass is 402 g/mol. The number of nitrogens with one attached hydrogen (secondary N) is 1. The van der Waals surface area contributed by atoms with Gasteiger partial charge in [0.25, 0.3) is 5.91 Å². The molecular weight excluding hydrogens is 375 g/mol. The maximum atomic E-state index is 13.8. The topological polar surface area (TPSA) is 67.9 Å². The Morgan fingerprint density at radius 1 is 1.17 bits per heavy atom. The Hall–Kier alpha value is -3.09. The zero-order valence-corrected chi connectivity index (χ0v) is 17.0. The lowest BCUT2D eigenvalue weighted by Gasteiger charge is -2.28. The maximum absolute atomic E-state index is 13.8. The van der Waals surface area contributed by atoms with Crippen molar-refractivity contribution in [3.63, 3.8) is 0 Å². The summed E-state index contributed by atoms with van der Waals surface area (Å²) in [7, 11) is 1.56. The van der Waals surface area contributed by atoms with Gasteiger partial charge < -0.3 is 19.7 Å². The molecule has 0 radical (unpaired) electrons. The maximum Gasteiger partial charge on any atom is 0.261 e. The first-order chi connectivity index (χ1) is 14.0. The van der Waals surface area contributed by atoms with E-state index in [4.69, 9.17) is 9.47 Å². The lowest BCUT2D eigenvalue weighted by molar-refractivity contribution is -0.142. The number of ether oxygens (including phenoxy) is 2. The molecule has 1 atom stereocenters. The number of hydrogen-bond acceptors (Lipinski definition) is 4. The molecule has 0 heterocycles. The Labute approximate surface area is 170 Å². The van der Waals surface area contributed by atoms with Crippen molar-refractivity contribution in [2.24, 2.45) is 0 Å². The number of halogens is 1. The summed E-state index contributed by atoms with van der Waals surface area (Å²) in [4.78, 5) is 26.7. The Balaban J connectivity index is 2.16. The van der Waals surface area contributed by atoms with E-state index in [0.29, 0.717) is 12.3 Å². The van der Waals surface area contributed by atoms with Gasteiger partial charge in [-0.1, -0.05) is 31.2 Å². The molecule has 2 aromatic rings. The van der Waals surface area contributed by atoms with E-state index in [0.717, 1.165) is 12.0 Å². The summed E-state index contributed by atoms with van der Waals surface area (Å²) in [6, 6.07) is 12.4. The minimum absolute atomic E-state index is 0.00901. The van der Waals surface area contributed by atoms with E-state index in [1.54, 1.807) is 38.3 Å². The number of benzene rings is 2. The van der Waals surface area contributed by atoms with Crippen molar-refractivity contribution in [3.8, 4) is 11.5 Å². The summed E-state index contributed by atoms with van der Waals surface area (Å²) < 4.78 is 24.3. The molecule has 1 N–H and O–H groups in total. The van der Waals surface area contributed by atoms with Gasteiger partial charge in [0.1, 0.15) is 11.8 Å². The second kappa shape index (κ2) is 11.0.